The van der Waals surface area contributed by atoms with Gasteiger partial charge in [0.2, 0.25) is 5.91 Å². The second-order valence-electron chi connectivity index (χ2n) is 8.27. The Kier molecular flexibility index (Phi) is 6.74. The number of carbonyl (C=O) groups excluding carboxylic acids is 4. The molecule has 0 spiro atoms. The quantitative estimate of drug-likeness (QED) is 0.345. The summed E-state index contributed by atoms with van der Waals surface area (Å²) in [6, 6.07) is 5.66. The Bertz CT molecular complexity index is 893. The van der Waals surface area contributed by atoms with Crippen molar-refractivity contribution in [2.24, 2.45) is 5.92 Å². The average molecular weight is 429 g/mol. The van der Waals surface area contributed by atoms with Gasteiger partial charge in [-0.3, -0.25) is 14.5 Å². The number of aliphatic hydroxyl groups is 1. The van der Waals surface area contributed by atoms with Crippen LogP contribution in [0.2, 0.25) is 0 Å². The number of hydrogen-bond donors (Lipinski definition) is 3. The van der Waals surface area contributed by atoms with Gasteiger partial charge in [0.05, 0.1) is 12.1 Å². The number of allylic oxidation sites excluding steroid dienone is 2. The third-order valence-electron chi connectivity index (χ3n) is 5.27. The smallest absolute Gasteiger partial charge is 0.338 e. The molecule has 1 aliphatic heterocycles. The van der Waals surface area contributed by atoms with Crippen LogP contribution in [-0.4, -0.2) is 58.6 Å². The molecule has 2 unspecified atom stereocenters. The zero-order valence-corrected chi connectivity index (χ0v) is 17.6. The average Bonchev–Trinajstić information content (AvgIpc) is 2.94. The summed E-state index contributed by atoms with van der Waals surface area (Å²) >= 11 is 0. The second kappa shape index (κ2) is 9.30. The van der Waals surface area contributed by atoms with Crippen molar-refractivity contribution in [3.8, 4) is 0 Å². The summed E-state index contributed by atoms with van der Waals surface area (Å²) in [5.41, 5.74) is -0.197. The summed E-state index contributed by atoms with van der Waals surface area (Å²) in [5, 5.41) is 15.4. The van der Waals surface area contributed by atoms with E-state index in [1.165, 1.54) is 12.1 Å². The Morgan fingerprint density at radius 1 is 1.26 bits per heavy atom. The Morgan fingerprint density at radius 2 is 1.97 bits per heavy atom. The number of β-amino-alcohol motifs (C(OH)–C–C–N with tert-alkyl or cyclic N) is 1. The minimum Gasteiger partial charge on any atom is -0.459 e. The van der Waals surface area contributed by atoms with Gasteiger partial charge in [-0.05, 0) is 57.4 Å². The number of aliphatic hydroxyl groups excluding tert-OH is 1. The van der Waals surface area contributed by atoms with E-state index >= 15 is 0 Å². The highest BCUT2D eigenvalue weighted by Crippen LogP contribution is 2.21. The van der Waals surface area contributed by atoms with Crippen molar-refractivity contribution in [3.05, 3.63) is 42.0 Å². The van der Waals surface area contributed by atoms with Gasteiger partial charge in [-0.25, -0.2) is 9.59 Å². The number of hydrogen-bond acceptors (Lipinski definition) is 6. The van der Waals surface area contributed by atoms with Gasteiger partial charge in [0.15, 0.2) is 0 Å². The molecular formula is C22H27N3O6. The molecule has 0 radical (unpaired) electrons. The fraction of sp³-hybridized carbons (Fsp3) is 0.455. The lowest BCUT2D eigenvalue weighted by Gasteiger charge is -2.19. The second-order valence-corrected chi connectivity index (χ2v) is 8.27. The molecular weight excluding hydrogens is 402 g/mol. The minimum atomic E-state index is -1.21. The van der Waals surface area contributed by atoms with Gasteiger partial charge in [0.25, 0.3) is 5.91 Å². The van der Waals surface area contributed by atoms with Gasteiger partial charge in [-0.1, -0.05) is 12.2 Å². The molecule has 1 aromatic rings. The van der Waals surface area contributed by atoms with Gasteiger partial charge in [-0.15, -0.1) is 0 Å². The third kappa shape index (κ3) is 5.49. The maximum Gasteiger partial charge on any atom is 0.338 e. The topological polar surface area (TPSA) is 125 Å². The number of nitrogens with one attached hydrogen (secondary N) is 2. The molecule has 1 heterocycles. The van der Waals surface area contributed by atoms with E-state index in [2.05, 4.69) is 16.7 Å². The maximum atomic E-state index is 12.3. The highest BCUT2D eigenvalue weighted by Gasteiger charge is 2.44. The molecule has 2 atom stereocenters. The van der Waals surface area contributed by atoms with E-state index in [4.69, 9.17) is 4.74 Å². The molecule has 0 bridgehead atoms. The zero-order valence-electron chi connectivity index (χ0n) is 17.6. The van der Waals surface area contributed by atoms with Gasteiger partial charge in [0, 0.05) is 11.6 Å². The van der Waals surface area contributed by atoms with E-state index in [1.807, 2.05) is 6.08 Å². The number of rotatable bonds is 7. The number of esters is 1. The standard InChI is InChI=1S/C22H27N3O6/c1-22(2)20(29)25(21(30)24-22)12-17(26)13-31-19(28)15-8-10-16(11-9-15)23-18(27)14-6-4-3-5-7-14/h3-4,8-11,14,17,26H,5-7,12-13H2,1-2H3,(H,23,27)(H,24,30). The van der Waals surface area contributed by atoms with Gasteiger partial charge < -0.3 is 20.5 Å². The lowest BCUT2D eigenvalue weighted by atomic mass is 9.93. The molecule has 0 aromatic heterocycles. The van der Waals surface area contributed by atoms with Crippen molar-refractivity contribution in [1.29, 1.82) is 0 Å². The monoisotopic (exact) mass is 429 g/mol. The van der Waals surface area contributed by atoms with Crippen molar-refractivity contribution in [2.75, 3.05) is 18.5 Å². The van der Waals surface area contributed by atoms with Crippen molar-refractivity contribution in [1.82, 2.24) is 10.2 Å². The first-order chi connectivity index (χ1) is 14.7. The molecule has 166 valence electrons. The molecule has 9 heteroatoms. The largest absolute Gasteiger partial charge is 0.459 e. The Hall–Kier alpha value is -3.20. The van der Waals surface area contributed by atoms with E-state index in [-0.39, 0.29) is 30.5 Å². The first-order valence-corrected chi connectivity index (χ1v) is 10.2. The van der Waals surface area contributed by atoms with E-state index in [1.54, 1.807) is 26.0 Å². The molecule has 3 N–H and O–H groups in total. The highest BCUT2D eigenvalue weighted by molar-refractivity contribution is 6.06. The number of nitrogens with zero attached hydrogens (tertiary/aromatic N) is 1. The Labute approximate surface area is 180 Å². The fourth-order valence-corrected chi connectivity index (χ4v) is 3.47. The van der Waals surface area contributed by atoms with Crippen LogP contribution in [0.5, 0.6) is 0 Å². The SMILES string of the molecule is CC1(C)NC(=O)N(CC(O)COC(=O)c2ccc(NC(=O)C3CC=CCC3)cc2)C1=O. The molecule has 1 aromatic carbocycles. The van der Waals surface area contributed by atoms with Crippen molar-refractivity contribution in [2.45, 2.75) is 44.8 Å². The first-order valence-electron chi connectivity index (χ1n) is 10.2. The highest BCUT2D eigenvalue weighted by atomic mass is 16.5. The van der Waals surface area contributed by atoms with E-state index in [9.17, 15) is 24.3 Å². The van der Waals surface area contributed by atoms with Crippen LogP contribution in [0.4, 0.5) is 10.5 Å². The third-order valence-corrected chi connectivity index (χ3v) is 5.27. The molecule has 2 aliphatic rings. The van der Waals surface area contributed by atoms with Gasteiger partial charge in [-0.2, -0.15) is 0 Å². The van der Waals surface area contributed by atoms with Crippen molar-refractivity contribution < 1.29 is 29.0 Å². The maximum absolute atomic E-state index is 12.3. The minimum absolute atomic E-state index is 0.0496. The molecule has 3 rings (SSSR count). The number of urea groups is 1. The van der Waals surface area contributed by atoms with Crippen LogP contribution in [0, 0.1) is 5.92 Å². The van der Waals surface area contributed by atoms with Gasteiger partial charge in [0.1, 0.15) is 18.2 Å². The molecule has 1 fully saturated rings. The normalized spacial score (nSPS) is 20.9. The lowest BCUT2D eigenvalue weighted by molar-refractivity contribution is -0.131. The summed E-state index contributed by atoms with van der Waals surface area (Å²) in [5.74, 6) is -1.21. The van der Waals surface area contributed by atoms with Gasteiger partial charge >= 0.3 is 12.0 Å². The summed E-state index contributed by atoms with van der Waals surface area (Å²) < 4.78 is 5.09. The lowest BCUT2D eigenvalue weighted by Crippen LogP contribution is -2.42. The molecule has 1 aliphatic carbocycles. The van der Waals surface area contributed by atoms with Crippen LogP contribution in [0.15, 0.2) is 36.4 Å². The predicted molar refractivity (Wildman–Crippen MR) is 112 cm³/mol. The summed E-state index contributed by atoms with van der Waals surface area (Å²) in [4.78, 5) is 49.4. The summed E-state index contributed by atoms with van der Waals surface area (Å²) in [6.45, 7) is 2.49. The number of imide groups is 1. The predicted octanol–water partition coefficient (Wildman–Crippen LogP) is 1.83. The number of anilines is 1. The first kappa shape index (κ1) is 22.5. The number of amides is 4. The molecule has 31 heavy (non-hydrogen) atoms. The van der Waals surface area contributed by atoms with E-state index in [0.29, 0.717) is 5.69 Å². The Balaban J connectivity index is 1.47. The fourth-order valence-electron chi connectivity index (χ4n) is 3.47. The summed E-state index contributed by atoms with van der Waals surface area (Å²) in [7, 11) is 0. The van der Waals surface area contributed by atoms with Crippen LogP contribution in [0.1, 0.15) is 43.5 Å². The van der Waals surface area contributed by atoms with Crippen molar-refractivity contribution in [3.63, 3.8) is 0 Å². The number of carbonyl (C=O) groups is 4. The van der Waals surface area contributed by atoms with E-state index in [0.717, 1.165) is 24.2 Å². The Morgan fingerprint density at radius 3 is 2.55 bits per heavy atom. The van der Waals surface area contributed by atoms with Crippen molar-refractivity contribution >= 4 is 29.5 Å². The van der Waals surface area contributed by atoms with Crippen LogP contribution >= 0.6 is 0 Å². The number of benzene rings is 1. The van der Waals surface area contributed by atoms with E-state index < -0.39 is 29.6 Å². The molecule has 0 saturated carbocycles. The van der Waals surface area contributed by atoms with Crippen LogP contribution in [0.3, 0.4) is 0 Å². The van der Waals surface area contributed by atoms with Crippen LogP contribution in [-0.2, 0) is 14.3 Å². The molecule has 4 amide bonds. The summed E-state index contributed by atoms with van der Waals surface area (Å²) in [6.07, 6.45) is 5.30. The molecule has 9 nitrogen and oxygen atoms in total. The number of ether oxygens (including phenoxy) is 1. The van der Waals surface area contributed by atoms with Crippen LogP contribution in [0.25, 0.3) is 0 Å². The molecule has 1 saturated heterocycles. The zero-order chi connectivity index (χ0) is 22.6. The van der Waals surface area contributed by atoms with Crippen LogP contribution < -0.4 is 10.6 Å².